The van der Waals surface area contributed by atoms with Gasteiger partial charge in [0.1, 0.15) is 0 Å². The maximum absolute atomic E-state index is 12.2. The maximum Gasteiger partial charge on any atom is 0.260 e. The van der Waals surface area contributed by atoms with Crippen LogP contribution in [0.3, 0.4) is 0 Å². The lowest BCUT2D eigenvalue weighted by molar-refractivity contribution is -0.132. The zero-order valence-electron chi connectivity index (χ0n) is 14.1. The van der Waals surface area contributed by atoms with Gasteiger partial charge in [-0.1, -0.05) is 35.9 Å². The molecular formula is C19H23NO3. The molecular weight excluding hydrogens is 290 g/mol. The average molecular weight is 313 g/mol. The second kappa shape index (κ2) is 7.68. The van der Waals surface area contributed by atoms with Crippen molar-refractivity contribution in [2.75, 3.05) is 20.8 Å². The third-order valence-electron chi connectivity index (χ3n) is 3.64. The summed E-state index contributed by atoms with van der Waals surface area (Å²) in [5.41, 5.74) is 3.38. The fraction of sp³-hybridized carbons (Fsp3) is 0.316. The molecule has 0 fully saturated rings. The molecule has 0 atom stereocenters. The first-order valence-electron chi connectivity index (χ1n) is 7.56. The number of methoxy groups -OCH3 is 1. The van der Waals surface area contributed by atoms with Gasteiger partial charge in [-0.2, -0.15) is 0 Å². The highest BCUT2D eigenvalue weighted by Crippen LogP contribution is 2.27. The molecule has 0 unspecified atom stereocenters. The molecule has 0 heterocycles. The van der Waals surface area contributed by atoms with Gasteiger partial charge in [-0.25, -0.2) is 0 Å². The largest absolute Gasteiger partial charge is 0.493 e. The van der Waals surface area contributed by atoms with Gasteiger partial charge in [0.2, 0.25) is 0 Å². The number of carbonyl (C=O) groups excluding carboxylic acids is 1. The minimum Gasteiger partial charge on any atom is -0.493 e. The predicted octanol–water partition coefficient (Wildman–Crippen LogP) is 3.35. The van der Waals surface area contributed by atoms with Gasteiger partial charge in [0.25, 0.3) is 5.91 Å². The molecule has 4 nitrogen and oxygen atoms in total. The van der Waals surface area contributed by atoms with Gasteiger partial charge in [-0.05, 0) is 37.1 Å². The summed E-state index contributed by atoms with van der Waals surface area (Å²) in [6, 6.07) is 13.8. The Morgan fingerprint density at radius 1 is 1.00 bits per heavy atom. The molecule has 23 heavy (non-hydrogen) atoms. The molecule has 0 saturated heterocycles. The van der Waals surface area contributed by atoms with E-state index in [0.717, 1.165) is 11.1 Å². The van der Waals surface area contributed by atoms with Gasteiger partial charge < -0.3 is 14.4 Å². The van der Waals surface area contributed by atoms with E-state index in [9.17, 15) is 4.79 Å². The van der Waals surface area contributed by atoms with E-state index in [4.69, 9.17) is 9.47 Å². The third-order valence-corrected chi connectivity index (χ3v) is 3.64. The normalized spacial score (nSPS) is 10.3. The maximum atomic E-state index is 12.2. The number of benzene rings is 2. The van der Waals surface area contributed by atoms with Gasteiger partial charge in [-0.15, -0.1) is 0 Å². The molecule has 0 N–H and O–H groups in total. The standard InChI is InChI=1S/C19H23NO3/c1-14-5-8-16(9-6-14)12-20(3)19(21)13-23-17-10-7-15(2)11-18(17)22-4/h5-11H,12-13H2,1-4H3. The molecule has 0 aliphatic rings. The summed E-state index contributed by atoms with van der Waals surface area (Å²) in [7, 11) is 3.37. The van der Waals surface area contributed by atoms with Crippen LogP contribution in [0.25, 0.3) is 0 Å². The predicted molar refractivity (Wildman–Crippen MR) is 90.9 cm³/mol. The number of ether oxygens (including phenoxy) is 2. The Bertz CT molecular complexity index is 665. The number of nitrogens with zero attached hydrogens (tertiary/aromatic N) is 1. The Hall–Kier alpha value is -2.49. The smallest absolute Gasteiger partial charge is 0.260 e. The molecule has 0 radical (unpaired) electrons. The minimum absolute atomic E-state index is 0.0121. The molecule has 2 rings (SSSR count). The van der Waals surface area contributed by atoms with E-state index in [1.54, 1.807) is 19.1 Å². The Morgan fingerprint density at radius 2 is 1.65 bits per heavy atom. The number of hydrogen-bond donors (Lipinski definition) is 0. The molecule has 0 aromatic heterocycles. The van der Waals surface area contributed by atoms with Crippen LogP contribution in [0.4, 0.5) is 0 Å². The van der Waals surface area contributed by atoms with Crippen molar-refractivity contribution in [2.24, 2.45) is 0 Å². The molecule has 0 aliphatic carbocycles. The molecule has 2 aromatic rings. The van der Waals surface area contributed by atoms with E-state index < -0.39 is 0 Å². The van der Waals surface area contributed by atoms with E-state index in [0.29, 0.717) is 18.0 Å². The topological polar surface area (TPSA) is 38.8 Å². The highest BCUT2D eigenvalue weighted by atomic mass is 16.5. The summed E-state index contributed by atoms with van der Waals surface area (Å²) in [5, 5.41) is 0. The summed E-state index contributed by atoms with van der Waals surface area (Å²) < 4.78 is 10.9. The van der Waals surface area contributed by atoms with Crippen molar-refractivity contribution in [3.05, 3.63) is 59.2 Å². The van der Waals surface area contributed by atoms with Crippen LogP contribution in [0.5, 0.6) is 11.5 Å². The Morgan fingerprint density at radius 3 is 2.30 bits per heavy atom. The highest BCUT2D eigenvalue weighted by molar-refractivity contribution is 5.77. The van der Waals surface area contributed by atoms with Crippen LogP contribution >= 0.6 is 0 Å². The molecule has 122 valence electrons. The monoisotopic (exact) mass is 313 g/mol. The van der Waals surface area contributed by atoms with Crippen molar-refractivity contribution in [3.63, 3.8) is 0 Å². The molecule has 2 aromatic carbocycles. The number of rotatable bonds is 6. The molecule has 0 aliphatic heterocycles. The molecule has 0 spiro atoms. The average Bonchev–Trinajstić information content (AvgIpc) is 2.55. The lowest BCUT2D eigenvalue weighted by Gasteiger charge is -2.18. The van der Waals surface area contributed by atoms with Crippen molar-refractivity contribution in [3.8, 4) is 11.5 Å². The number of amides is 1. The molecule has 1 amide bonds. The van der Waals surface area contributed by atoms with Crippen LogP contribution in [0, 0.1) is 13.8 Å². The SMILES string of the molecule is COc1cc(C)ccc1OCC(=O)N(C)Cc1ccc(C)cc1. The second-order valence-corrected chi connectivity index (χ2v) is 5.68. The van der Waals surface area contributed by atoms with Crippen molar-refractivity contribution in [1.82, 2.24) is 4.90 Å². The summed E-state index contributed by atoms with van der Waals surface area (Å²) in [4.78, 5) is 13.9. The van der Waals surface area contributed by atoms with Crippen LogP contribution in [0.15, 0.2) is 42.5 Å². The van der Waals surface area contributed by atoms with Crippen LogP contribution in [-0.2, 0) is 11.3 Å². The Kier molecular flexibility index (Phi) is 5.63. The second-order valence-electron chi connectivity index (χ2n) is 5.68. The molecule has 0 saturated carbocycles. The van der Waals surface area contributed by atoms with Gasteiger partial charge in [0.05, 0.1) is 7.11 Å². The van der Waals surface area contributed by atoms with Crippen molar-refractivity contribution in [1.29, 1.82) is 0 Å². The van der Waals surface area contributed by atoms with E-state index >= 15 is 0 Å². The summed E-state index contributed by atoms with van der Waals surface area (Å²) in [5.74, 6) is 1.14. The molecule has 4 heteroatoms. The Labute approximate surface area is 137 Å². The van der Waals surface area contributed by atoms with Crippen LogP contribution in [0.1, 0.15) is 16.7 Å². The van der Waals surface area contributed by atoms with Gasteiger partial charge in [0, 0.05) is 13.6 Å². The minimum atomic E-state index is -0.0757. The van der Waals surface area contributed by atoms with Crippen molar-refractivity contribution < 1.29 is 14.3 Å². The summed E-state index contributed by atoms with van der Waals surface area (Å²) >= 11 is 0. The van der Waals surface area contributed by atoms with E-state index in [1.807, 2.05) is 56.3 Å². The lowest BCUT2D eigenvalue weighted by atomic mass is 10.1. The first-order valence-corrected chi connectivity index (χ1v) is 7.56. The quantitative estimate of drug-likeness (QED) is 0.821. The zero-order chi connectivity index (χ0) is 16.8. The number of carbonyl (C=O) groups is 1. The fourth-order valence-corrected chi connectivity index (χ4v) is 2.20. The van der Waals surface area contributed by atoms with E-state index in [2.05, 4.69) is 0 Å². The number of hydrogen-bond acceptors (Lipinski definition) is 3. The zero-order valence-corrected chi connectivity index (χ0v) is 14.1. The lowest BCUT2D eigenvalue weighted by Crippen LogP contribution is -2.31. The first-order chi connectivity index (χ1) is 11.0. The number of aryl methyl sites for hydroxylation is 2. The van der Waals surface area contributed by atoms with E-state index in [1.165, 1.54) is 5.56 Å². The highest BCUT2D eigenvalue weighted by Gasteiger charge is 2.12. The molecule has 0 bridgehead atoms. The number of likely N-dealkylation sites (N-methyl/N-ethyl adjacent to an activating group) is 1. The van der Waals surface area contributed by atoms with E-state index in [-0.39, 0.29) is 12.5 Å². The Balaban J connectivity index is 1.92. The van der Waals surface area contributed by atoms with Crippen LogP contribution in [-0.4, -0.2) is 31.6 Å². The summed E-state index contributed by atoms with van der Waals surface area (Å²) in [6.45, 7) is 4.57. The van der Waals surface area contributed by atoms with Gasteiger partial charge in [-0.3, -0.25) is 4.79 Å². The van der Waals surface area contributed by atoms with Crippen molar-refractivity contribution >= 4 is 5.91 Å². The first kappa shape index (κ1) is 16.9. The summed E-state index contributed by atoms with van der Waals surface area (Å²) in [6.07, 6.45) is 0. The van der Waals surface area contributed by atoms with Crippen molar-refractivity contribution in [2.45, 2.75) is 20.4 Å². The van der Waals surface area contributed by atoms with Gasteiger partial charge in [0.15, 0.2) is 18.1 Å². The van der Waals surface area contributed by atoms with Crippen LogP contribution in [0.2, 0.25) is 0 Å². The fourth-order valence-electron chi connectivity index (χ4n) is 2.20. The third kappa shape index (κ3) is 4.74. The van der Waals surface area contributed by atoms with Gasteiger partial charge >= 0.3 is 0 Å². The van der Waals surface area contributed by atoms with Crippen LogP contribution < -0.4 is 9.47 Å².